The van der Waals surface area contributed by atoms with E-state index in [4.69, 9.17) is 22.1 Å². The van der Waals surface area contributed by atoms with E-state index in [2.05, 4.69) is 5.32 Å². The lowest BCUT2D eigenvalue weighted by Gasteiger charge is -1.89. The van der Waals surface area contributed by atoms with Crippen molar-refractivity contribution in [2.75, 3.05) is 20.7 Å². The Labute approximate surface area is 60.5 Å². The molecule has 3 nitrogen and oxygen atoms in total. The standard InChI is InChI=1S/C3H6ClNO.C2H7N/c4-3(5)2-1-6-2;1-3-2/h2-3H,1,5H2;3H,1-2H3. The van der Waals surface area contributed by atoms with E-state index in [1.165, 1.54) is 0 Å². The van der Waals surface area contributed by atoms with Gasteiger partial charge in [0.15, 0.2) is 0 Å². The minimum atomic E-state index is -0.287. The van der Waals surface area contributed by atoms with Crippen LogP contribution in [-0.2, 0) is 4.74 Å². The molecule has 1 saturated heterocycles. The average molecular weight is 153 g/mol. The number of rotatable bonds is 1. The molecule has 0 aromatic heterocycles. The van der Waals surface area contributed by atoms with E-state index in [9.17, 15) is 0 Å². The van der Waals surface area contributed by atoms with Gasteiger partial charge in [0.05, 0.1) is 6.61 Å². The fourth-order valence-electron chi connectivity index (χ4n) is 0.239. The maximum absolute atomic E-state index is 5.33. The summed E-state index contributed by atoms with van der Waals surface area (Å²) in [5, 5.41) is 2.75. The normalized spacial score (nSPS) is 26.0. The highest BCUT2D eigenvalue weighted by Crippen LogP contribution is 2.13. The van der Waals surface area contributed by atoms with Gasteiger partial charge in [0, 0.05) is 0 Å². The van der Waals surface area contributed by atoms with Crippen molar-refractivity contribution in [3.05, 3.63) is 0 Å². The highest BCUT2D eigenvalue weighted by Gasteiger charge is 2.27. The van der Waals surface area contributed by atoms with Crippen LogP contribution in [0.1, 0.15) is 0 Å². The van der Waals surface area contributed by atoms with E-state index in [1.807, 2.05) is 14.1 Å². The summed E-state index contributed by atoms with van der Waals surface area (Å²) in [7, 11) is 3.75. The summed E-state index contributed by atoms with van der Waals surface area (Å²) in [5.74, 6) is 0. The third-order valence-electron chi connectivity index (χ3n) is 0.714. The van der Waals surface area contributed by atoms with E-state index in [0.717, 1.165) is 6.61 Å². The summed E-state index contributed by atoms with van der Waals surface area (Å²) < 4.78 is 4.71. The minimum Gasteiger partial charge on any atom is -0.370 e. The van der Waals surface area contributed by atoms with E-state index in [0.29, 0.717) is 0 Å². The van der Waals surface area contributed by atoms with Crippen molar-refractivity contribution in [1.82, 2.24) is 5.32 Å². The summed E-state index contributed by atoms with van der Waals surface area (Å²) in [6.07, 6.45) is 0.145. The molecule has 0 amide bonds. The molecule has 1 fully saturated rings. The van der Waals surface area contributed by atoms with E-state index >= 15 is 0 Å². The van der Waals surface area contributed by atoms with Gasteiger partial charge in [-0.05, 0) is 14.1 Å². The zero-order valence-electron chi connectivity index (χ0n) is 5.73. The van der Waals surface area contributed by atoms with Crippen LogP contribution in [0.15, 0.2) is 0 Å². The molecule has 56 valence electrons. The van der Waals surface area contributed by atoms with Crippen LogP contribution < -0.4 is 11.1 Å². The Bertz CT molecular complexity index is 66.0. The molecule has 0 aliphatic carbocycles. The number of nitrogens with two attached hydrogens (primary N) is 1. The molecular formula is C5H13ClN2O. The van der Waals surface area contributed by atoms with Gasteiger partial charge in [-0.3, -0.25) is 0 Å². The maximum Gasteiger partial charge on any atom is 0.110 e. The molecule has 0 spiro atoms. The minimum absolute atomic E-state index is 0.145. The molecule has 0 aromatic rings. The smallest absolute Gasteiger partial charge is 0.110 e. The molecule has 4 heteroatoms. The van der Waals surface area contributed by atoms with Gasteiger partial charge in [0.1, 0.15) is 11.6 Å². The molecule has 1 rings (SSSR count). The monoisotopic (exact) mass is 152 g/mol. The van der Waals surface area contributed by atoms with Crippen LogP contribution in [0.3, 0.4) is 0 Å². The maximum atomic E-state index is 5.33. The summed E-state index contributed by atoms with van der Waals surface area (Å²) in [4.78, 5) is 0. The predicted octanol–water partition coefficient (Wildman–Crippen LogP) is -0.256. The highest BCUT2D eigenvalue weighted by atomic mass is 35.5. The van der Waals surface area contributed by atoms with Crippen LogP contribution in [0, 0.1) is 0 Å². The average Bonchev–Trinajstić information content (AvgIpc) is 2.44. The number of hydrogen-bond acceptors (Lipinski definition) is 3. The Balaban J connectivity index is 0.000000187. The van der Waals surface area contributed by atoms with Gasteiger partial charge in [-0.1, -0.05) is 0 Å². The molecule has 0 saturated carbocycles. The van der Waals surface area contributed by atoms with Crippen LogP contribution in [0.4, 0.5) is 0 Å². The fraction of sp³-hybridized carbons (Fsp3) is 1.00. The number of halogens is 1. The molecule has 3 N–H and O–H groups in total. The Kier molecular flexibility index (Phi) is 5.09. The number of hydrogen-bond donors (Lipinski definition) is 2. The molecule has 0 aromatic carbocycles. The summed E-state index contributed by atoms with van der Waals surface area (Å²) in [6, 6.07) is 0. The quantitative estimate of drug-likeness (QED) is 0.310. The van der Waals surface area contributed by atoms with E-state index in [1.54, 1.807) is 0 Å². The van der Waals surface area contributed by atoms with Gasteiger partial charge >= 0.3 is 0 Å². The molecule has 0 bridgehead atoms. The molecule has 9 heavy (non-hydrogen) atoms. The fourth-order valence-corrected chi connectivity index (χ4v) is 0.385. The van der Waals surface area contributed by atoms with Crippen molar-refractivity contribution in [2.24, 2.45) is 5.73 Å². The van der Waals surface area contributed by atoms with Crippen LogP contribution in [0.2, 0.25) is 0 Å². The van der Waals surface area contributed by atoms with Crippen molar-refractivity contribution >= 4 is 11.6 Å². The Morgan fingerprint density at radius 3 is 2.11 bits per heavy atom. The second-order valence-electron chi connectivity index (χ2n) is 1.82. The van der Waals surface area contributed by atoms with Crippen LogP contribution in [0.5, 0.6) is 0 Å². The molecule has 1 aliphatic heterocycles. The van der Waals surface area contributed by atoms with Crippen LogP contribution in [0.25, 0.3) is 0 Å². The van der Waals surface area contributed by atoms with Gasteiger partial charge in [0.25, 0.3) is 0 Å². The van der Waals surface area contributed by atoms with Gasteiger partial charge in [-0.15, -0.1) is 11.6 Å². The van der Waals surface area contributed by atoms with Crippen LogP contribution in [-0.4, -0.2) is 32.3 Å². The number of alkyl halides is 1. The first-order valence-corrected chi connectivity index (χ1v) is 3.25. The summed E-state index contributed by atoms with van der Waals surface area (Å²) in [5.41, 5.74) is 4.85. The lowest BCUT2D eigenvalue weighted by Crippen LogP contribution is -2.18. The number of nitrogens with one attached hydrogen (secondary N) is 1. The Morgan fingerprint density at radius 1 is 1.78 bits per heavy atom. The van der Waals surface area contributed by atoms with Gasteiger partial charge in [0.2, 0.25) is 0 Å². The predicted molar refractivity (Wildman–Crippen MR) is 38.6 cm³/mol. The largest absolute Gasteiger partial charge is 0.370 e. The Morgan fingerprint density at radius 2 is 2.11 bits per heavy atom. The molecule has 1 aliphatic rings. The second kappa shape index (κ2) is 4.99. The SMILES string of the molecule is CNC.NC(Cl)C1CO1. The third kappa shape index (κ3) is 6.05. The van der Waals surface area contributed by atoms with E-state index in [-0.39, 0.29) is 11.6 Å². The second-order valence-corrected chi connectivity index (χ2v) is 2.32. The summed E-state index contributed by atoms with van der Waals surface area (Å²) in [6.45, 7) is 0.741. The third-order valence-corrected chi connectivity index (χ3v) is 0.995. The van der Waals surface area contributed by atoms with Crippen molar-refractivity contribution in [3.8, 4) is 0 Å². The molecule has 2 unspecified atom stereocenters. The summed E-state index contributed by atoms with van der Waals surface area (Å²) >= 11 is 5.33. The first-order chi connectivity index (χ1) is 4.22. The number of ether oxygens (including phenoxy) is 1. The zero-order valence-corrected chi connectivity index (χ0v) is 6.48. The lowest BCUT2D eigenvalue weighted by atomic mass is 10.5. The van der Waals surface area contributed by atoms with Crippen molar-refractivity contribution in [2.45, 2.75) is 11.6 Å². The van der Waals surface area contributed by atoms with Crippen LogP contribution >= 0.6 is 11.6 Å². The molecular weight excluding hydrogens is 140 g/mol. The van der Waals surface area contributed by atoms with Crippen molar-refractivity contribution in [1.29, 1.82) is 0 Å². The first kappa shape index (κ1) is 9.17. The molecule has 1 heterocycles. The molecule has 2 atom stereocenters. The van der Waals surface area contributed by atoms with Gasteiger partial charge < -0.3 is 15.8 Å². The number of epoxide rings is 1. The van der Waals surface area contributed by atoms with Crippen molar-refractivity contribution in [3.63, 3.8) is 0 Å². The first-order valence-electron chi connectivity index (χ1n) is 2.82. The zero-order chi connectivity index (χ0) is 7.28. The topological polar surface area (TPSA) is 50.6 Å². The van der Waals surface area contributed by atoms with Gasteiger partial charge in [-0.2, -0.15) is 0 Å². The lowest BCUT2D eigenvalue weighted by molar-refractivity contribution is 0.402. The highest BCUT2D eigenvalue weighted by molar-refractivity contribution is 6.20. The molecule has 0 radical (unpaired) electrons. The van der Waals surface area contributed by atoms with E-state index < -0.39 is 0 Å². The van der Waals surface area contributed by atoms with Crippen molar-refractivity contribution < 1.29 is 4.74 Å². The van der Waals surface area contributed by atoms with Gasteiger partial charge in [-0.25, -0.2) is 0 Å². The Hall–Kier alpha value is 0.170.